The normalized spacial score (nSPS) is 13.9. The highest BCUT2D eigenvalue weighted by Crippen LogP contribution is 2.34. The molecular weight excluding hydrogens is 438 g/mol. The van der Waals surface area contributed by atoms with Gasteiger partial charge in [-0.2, -0.15) is 0 Å². The third-order valence-corrected chi connectivity index (χ3v) is 4.78. The Morgan fingerprint density at radius 3 is 2.36 bits per heavy atom. The van der Waals surface area contributed by atoms with Gasteiger partial charge in [0.05, 0.1) is 39.1 Å². The lowest BCUT2D eigenvalue weighted by Crippen LogP contribution is -2.32. The maximum absolute atomic E-state index is 11.7. The molecule has 2 aromatic heterocycles. The lowest BCUT2D eigenvalue weighted by atomic mass is 10.1. The third-order valence-electron chi connectivity index (χ3n) is 4.78. The van der Waals surface area contributed by atoms with Gasteiger partial charge in [0.15, 0.2) is 11.2 Å². The Kier molecular flexibility index (Phi) is 7.01. The fourth-order valence-electron chi connectivity index (χ4n) is 3.22. The summed E-state index contributed by atoms with van der Waals surface area (Å²) in [6, 6.07) is 6.63. The number of carbonyl (C=O) groups excluding carboxylic acids is 3. The van der Waals surface area contributed by atoms with Gasteiger partial charge in [-0.3, -0.25) is 9.59 Å². The number of furan rings is 1. The number of hydrogen-bond acceptors (Lipinski definition) is 10. The molecule has 1 saturated heterocycles. The van der Waals surface area contributed by atoms with E-state index in [1.807, 2.05) is 6.07 Å². The highest BCUT2D eigenvalue weighted by molar-refractivity contribution is 6.01. The standard InChI is InChI=1S/C22H21NO10/c24-16-2-3-17(25)23(16)33-19(27)6-7-28-9-10-29-11-12-31-22-20-15(5-8-30-20)13-14-1-4-18(26)32-21(14)22/h1,4-5,8,13H,2-3,6-7,9-12H2. The van der Waals surface area contributed by atoms with Crippen molar-refractivity contribution in [2.45, 2.75) is 19.3 Å². The van der Waals surface area contributed by atoms with Crippen molar-refractivity contribution in [1.82, 2.24) is 5.06 Å². The summed E-state index contributed by atoms with van der Waals surface area (Å²) in [7, 11) is 0. The lowest BCUT2D eigenvalue weighted by Gasteiger charge is -2.12. The molecule has 3 aromatic rings. The lowest BCUT2D eigenvalue weighted by molar-refractivity contribution is -0.198. The number of amides is 2. The van der Waals surface area contributed by atoms with Crippen LogP contribution in [0.1, 0.15) is 19.3 Å². The predicted octanol–water partition coefficient (Wildman–Crippen LogP) is 1.95. The zero-order valence-corrected chi connectivity index (χ0v) is 17.6. The SMILES string of the molecule is O=C(CCOCCOCCOc1c2occc2cc2ccc(=O)oc12)ON1C(=O)CCC1=O. The van der Waals surface area contributed by atoms with E-state index in [-0.39, 0.29) is 52.3 Å². The second kappa shape index (κ2) is 10.3. The van der Waals surface area contributed by atoms with Crippen molar-refractivity contribution >= 4 is 39.7 Å². The number of carbonyl (C=O) groups is 3. The zero-order chi connectivity index (χ0) is 23.2. The van der Waals surface area contributed by atoms with Crippen LogP contribution in [0.2, 0.25) is 0 Å². The van der Waals surface area contributed by atoms with Gasteiger partial charge in [0, 0.05) is 29.7 Å². The van der Waals surface area contributed by atoms with Gasteiger partial charge in [-0.15, -0.1) is 5.06 Å². The smallest absolute Gasteiger partial charge is 0.336 e. The number of imide groups is 1. The second-order valence-corrected chi connectivity index (χ2v) is 7.09. The first-order valence-corrected chi connectivity index (χ1v) is 10.3. The Morgan fingerprint density at radius 1 is 0.879 bits per heavy atom. The molecule has 11 heteroatoms. The molecular formula is C22H21NO10. The molecule has 0 radical (unpaired) electrons. The first-order chi connectivity index (χ1) is 16.0. The van der Waals surface area contributed by atoms with Gasteiger partial charge in [0.25, 0.3) is 11.8 Å². The highest BCUT2D eigenvalue weighted by atomic mass is 16.7. The third kappa shape index (κ3) is 5.38. The Hall–Kier alpha value is -3.70. The molecule has 174 valence electrons. The topological polar surface area (TPSA) is 135 Å². The van der Waals surface area contributed by atoms with Gasteiger partial charge in [0.2, 0.25) is 5.75 Å². The summed E-state index contributed by atoms with van der Waals surface area (Å²) in [4.78, 5) is 50.8. The van der Waals surface area contributed by atoms with Crippen LogP contribution in [0.15, 0.2) is 44.2 Å². The predicted molar refractivity (Wildman–Crippen MR) is 111 cm³/mol. The molecule has 0 aliphatic carbocycles. The van der Waals surface area contributed by atoms with E-state index < -0.39 is 23.4 Å². The van der Waals surface area contributed by atoms with Crippen molar-refractivity contribution in [2.24, 2.45) is 0 Å². The number of nitrogens with zero attached hydrogens (tertiary/aromatic N) is 1. The van der Waals surface area contributed by atoms with Crippen LogP contribution in [0.4, 0.5) is 0 Å². The van der Waals surface area contributed by atoms with Crippen molar-refractivity contribution in [3.05, 3.63) is 40.9 Å². The van der Waals surface area contributed by atoms with Crippen LogP contribution in [-0.4, -0.2) is 55.9 Å². The van der Waals surface area contributed by atoms with Crippen LogP contribution in [-0.2, 0) is 28.7 Å². The number of hydrogen-bond donors (Lipinski definition) is 0. The quantitative estimate of drug-likeness (QED) is 0.238. The van der Waals surface area contributed by atoms with Crippen molar-refractivity contribution in [3.63, 3.8) is 0 Å². The van der Waals surface area contributed by atoms with E-state index in [1.165, 1.54) is 12.3 Å². The van der Waals surface area contributed by atoms with Crippen LogP contribution in [0.5, 0.6) is 5.75 Å². The van der Waals surface area contributed by atoms with Crippen LogP contribution >= 0.6 is 0 Å². The monoisotopic (exact) mass is 459 g/mol. The number of rotatable bonds is 11. The summed E-state index contributed by atoms with van der Waals surface area (Å²) in [5.74, 6) is -1.44. The molecule has 1 fully saturated rings. The van der Waals surface area contributed by atoms with Gasteiger partial charge in [-0.1, -0.05) is 0 Å². The summed E-state index contributed by atoms with van der Waals surface area (Å²) in [6.45, 7) is 0.946. The maximum atomic E-state index is 11.7. The van der Waals surface area contributed by atoms with E-state index in [9.17, 15) is 19.2 Å². The van der Waals surface area contributed by atoms with E-state index >= 15 is 0 Å². The Labute approximate surface area is 186 Å². The van der Waals surface area contributed by atoms with Crippen molar-refractivity contribution in [2.75, 3.05) is 33.0 Å². The number of hydroxylamine groups is 2. The molecule has 3 heterocycles. The molecule has 0 atom stereocenters. The molecule has 0 unspecified atom stereocenters. The van der Waals surface area contributed by atoms with E-state index in [0.29, 0.717) is 27.4 Å². The molecule has 0 saturated carbocycles. The largest absolute Gasteiger partial charge is 0.484 e. The van der Waals surface area contributed by atoms with Crippen LogP contribution in [0.3, 0.4) is 0 Å². The summed E-state index contributed by atoms with van der Waals surface area (Å²) in [5.41, 5.74) is 0.288. The molecule has 0 bridgehead atoms. The van der Waals surface area contributed by atoms with Crippen molar-refractivity contribution in [1.29, 1.82) is 0 Å². The van der Waals surface area contributed by atoms with E-state index in [2.05, 4.69) is 0 Å². The maximum Gasteiger partial charge on any atom is 0.336 e. The minimum atomic E-state index is -0.723. The minimum Gasteiger partial charge on any atom is -0.484 e. The van der Waals surface area contributed by atoms with Gasteiger partial charge in [0.1, 0.15) is 6.61 Å². The zero-order valence-electron chi connectivity index (χ0n) is 17.6. The Morgan fingerprint density at radius 2 is 1.58 bits per heavy atom. The fourth-order valence-corrected chi connectivity index (χ4v) is 3.22. The number of fused-ring (bicyclic) bond motifs is 2. The average molecular weight is 459 g/mol. The second-order valence-electron chi connectivity index (χ2n) is 7.09. The molecule has 4 rings (SSSR count). The molecule has 33 heavy (non-hydrogen) atoms. The molecule has 0 N–H and O–H groups in total. The van der Waals surface area contributed by atoms with E-state index in [4.69, 9.17) is 27.9 Å². The fraction of sp³-hybridized carbons (Fsp3) is 0.364. The van der Waals surface area contributed by atoms with Crippen LogP contribution in [0, 0.1) is 0 Å². The van der Waals surface area contributed by atoms with E-state index in [1.54, 1.807) is 12.1 Å². The molecule has 11 nitrogen and oxygen atoms in total. The van der Waals surface area contributed by atoms with Gasteiger partial charge >= 0.3 is 11.6 Å². The Balaban J connectivity index is 1.15. The molecule has 1 aliphatic heterocycles. The minimum absolute atomic E-state index is 0.0466. The molecule has 2 amide bonds. The Bertz CT molecular complexity index is 1210. The van der Waals surface area contributed by atoms with E-state index in [0.717, 1.165) is 5.39 Å². The summed E-state index contributed by atoms with van der Waals surface area (Å²) in [5, 5.41) is 2.03. The molecule has 1 aromatic carbocycles. The summed E-state index contributed by atoms with van der Waals surface area (Å²) < 4.78 is 27.3. The number of benzene rings is 1. The number of ether oxygens (including phenoxy) is 3. The van der Waals surface area contributed by atoms with Crippen LogP contribution < -0.4 is 10.4 Å². The molecule has 0 spiro atoms. The average Bonchev–Trinajstić information content (AvgIpc) is 3.39. The van der Waals surface area contributed by atoms with Crippen LogP contribution in [0.25, 0.3) is 21.9 Å². The molecule has 1 aliphatic rings. The first kappa shape index (κ1) is 22.5. The summed E-state index contributed by atoms with van der Waals surface area (Å²) in [6.07, 6.45) is 1.51. The van der Waals surface area contributed by atoms with Crippen molar-refractivity contribution in [3.8, 4) is 5.75 Å². The summed E-state index contributed by atoms with van der Waals surface area (Å²) >= 11 is 0. The van der Waals surface area contributed by atoms with Gasteiger partial charge < -0.3 is 27.9 Å². The first-order valence-electron chi connectivity index (χ1n) is 10.3. The van der Waals surface area contributed by atoms with Gasteiger partial charge in [-0.25, -0.2) is 9.59 Å². The van der Waals surface area contributed by atoms with Crippen molar-refractivity contribution < 1.29 is 42.3 Å². The highest BCUT2D eigenvalue weighted by Gasteiger charge is 2.32. The van der Waals surface area contributed by atoms with Gasteiger partial charge in [-0.05, 0) is 18.2 Å².